The van der Waals surface area contributed by atoms with Crippen LogP contribution in [-0.4, -0.2) is 16.8 Å². The Kier molecular flexibility index (Phi) is 5.41. The summed E-state index contributed by atoms with van der Waals surface area (Å²) < 4.78 is 10.2. The molecular formula is C19H15N3O4. The van der Waals surface area contributed by atoms with Crippen LogP contribution in [-0.2, 0) is 9.59 Å². The second-order valence-electron chi connectivity index (χ2n) is 5.08. The molecule has 0 aromatic carbocycles. The lowest BCUT2D eigenvalue weighted by Crippen LogP contribution is -2.12. The highest BCUT2D eigenvalue weighted by Crippen LogP contribution is 2.10. The largest absolute Gasteiger partial charge is 0.465 e. The van der Waals surface area contributed by atoms with E-state index in [2.05, 4.69) is 15.6 Å². The fraction of sp³-hybridized carbons (Fsp3) is 0. The minimum Gasteiger partial charge on any atom is -0.465 e. The van der Waals surface area contributed by atoms with Crippen molar-refractivity contribution in [3.05, 3.63) is 78.7 Å². The number of aromatic nitrogens is 1. The highest BCUT2D eigenvalue weighted by atomic mass is 16.3. The molecule has 2 N–H and O–H groups in total. The summed E-state index contributed by atoms with van der Waals surface area (Å²) in [5.74, 6) is 1.03. The van der Waals surface area contributed by atoms with Gasteiger partial charge in [0.25, 0.3) is 0 Å². The molecule has 0 saturated carbocycles. The maximum Gasteiger partial charge on any atom is 0.249 e. The predicted molar refractivity (Wildman–Crippen MR) is 97.0 cm³/mol. The van der Waals surface area contributed by atoms with E-state index in [-0.39, 0.29) is 11.8 Å². The predicted octanol–water partition coefficient (Wildman–Crippen LogP) is 3.57. The van der Waals surface area contributed by atoms with Crippen molar-refractivity contribution in [3.8, 4) is 0 Å². The van der Waals surface area contributed by atoms with Crippen LogP contribution in [0.3, 0.4) is 0 Å². The summed E-state index contributed by atoms with van der Waals surface area (Å²) in [5, 5.41) is 5.22. The Morgan fingerprint density at radius 3 is 1.69 bits per heavy atom. The van der Waals surface area contributed by atoms with Gasteiger partial charge in [0, 0.05) is 12.2 Å². The van der Waals surface area contributed by atoms with E-state index in [4.69, 9.17) is 8.83 Å². The van der Waals surface area contributed by atoms with E-state index >= 15 is 0 Å². The number of pyridine rings is 1. The molecule has 0 bridgehead atoms. The second kappa shape index (κ2) is 8.29. The molecule has 0 aliphatic carbocycles. The molecule has 7 nitrogen and oxygen atoms in total. The lowest BCUT2D eigenvalue weighted by molar-refractivity contribution is -0.112. The van der Waals surface area contributed by atoms with E-state index in [0.29, 0.717) is 23.2 Å². The normalized spacial score (nSPS) is 11.1. The Morgan fingerprint density at radius 1 is 0.769 bits per heavy atom. The van der Waals surface area contributed by atoms with Crippen molar-refractivity contribution in [1.82, 2.24) is 4.98 Å². The molecule has 3 heterocycles. The van der Waals surface area contributed by atoms with Gasteiger partial charge < -0.3 is 19.5 Å². The van der Waals surface area contributed by atoms with Gasteiger partial charge in [-0.25, -0.2) is 4.98 Å². The number of nitrogens with one attached hydrogen (secondary N) is 2. The summed E-state index contributed by atoms with van der Waals surface area (Å²) in [7, 11) is 0. The fourth-order valence-electron chi connectivity index (χ4n) is 2.00. The van der Waals surface area contributed by atoms with Gasteiger partial charge in [-0.2, -0.15) is 0 Å². The smallest absolute Gasteiger partial charge is 0.249 e. The molecule has 0 aliphatic heterocycles. The SMILES string of the molecule is O=C(/C=C/c1ccco1)Nc1cccc(NC(=O)/C=C/c2ccco2)n1. The van der Waals surface area contributed by atoms with Crippen LogP contribution in [0.5, 0.6) is 0 Å². The number of hydrogen-bond acceptors (Lipinski definition) is 5. The Balaban J connectivity index is 1.57. The fourth-order valence-corrected chi connectivity index (χ4v) is 2.00. The Morgan fingerprint density at radius 2 is 1.27 bits per heavy atom. The first-order valence-corrected chi connectivity index (χ1v) is 7.71. The van der Waals surface area contributed by atoms with Gasteiger partial charge in [0.15, 0.2) is 0 Å². The molecule has 0 saturated heterocycles. The third-order valence-corrected chi connectivity index (χ3v) is 3.14. The van der Waals surface area contributed by atoms with Crippen LogP contribution in [0.25, 0.3) is 12.2 Å². The zero-order valence-corrected chi connectivity index (χ0v) is 13.6. The van der Waals surface area contributed by atoms with Crippen LogP contribution in [0, 0.1) is 0 Å². The Hall–Kier alpha value is -3.87. The van der Waals surface area contributed by atoms with Crippen molar-refractivity contribution in [2.24, 2.45) is 0 Å². The lowest BCUT2D eigenvalue weighted by atomic mass is 10.3. The number of carbonyl (C=O) groups is 2. The summed E-state index contributed by atoms with van der Waals surface area (Å²) in [6.45, 7) is 0. The average Bonchev–Trinajstić information content (AvgIpc) is 3.32. The van der Waals surface area contributed by atoms with E-state index in [1.165, 1.54) is 24.7 Å². The van der Waals surface area contributed by atoms with Gasteiger partial charge in [0.1, 0.15) is 23.2 Å². The number of hydrogen-bond donors (Lipinski definition) is 2. The summed E-state index contributed by atoms with van der Waals surface area (Å²) >= 11 is 0. The number of rotatable bonds is 6. The van der Waals surface area contributed by atoms with Crippen molar-refractivity contribution in [3.63, 3.8) is 0 Å². The number of carbonyl (C=O) groups excluding carboxylic acids is 2. The van der Waals surface area contributed by atoms with Crippen molar-refractivity contribution in [2.45, 2.75) is 0 Å². The molecule has 3 aromatic heterocycles. The van der Waals surface area contributed by atoms with Crippen LogP contribution in [0.1, 0.15) is 11.5 Å². The molecule has 0 spiro atoms. The molecule has 3 aromatic rings. The molecule has 7 heteroatoms. The molecule has 0 aliphatic rings. The first-order valence-electron chi connectivity index (χ1n) is 7.71. The van der Waals surface area contributed by atoms with Gasteiger partial charge in [-0.3, -0.25) is 9.59 Å². The van der Waals surface area contributed by atoms with Crippen LogP contribution >= 0.6 is 0 Å². The van der Waals surface area contributed by atoms with Crippen LogP contribution in [0.15, 0.2) is 76.0 Å². The van der Waals surface area contributed by atoms with E-state index in [9.17, 15) is 9.59 Å². The molecule has 2 amide bonds. The minimum atomic E-state index is -0.366. The van der Waals surface area contributed by atoms with Crippen LogP contribution in [0.4, 0.5) is 11.6 Å². The van der Waals surface area contributed by atoms with Crippen LogP contribution < -0.4 is 10.6 Å². The first-order chi connectivity index (χ1) is 12.7. The zero-order chi connectivity index (χ0) is 18.2. The van der Waals surface area contributed by atoms with Crippen molar-refractivity contribution < 1.29 is 18.4 Å². The third-order valence-electron chi connectivity index (χ3n) is 3.14. The molecule has 3 rings (SSSR count). The summed E-state index contributed by atoms with van der Waals surface area (Å²) in [4.78, 5) is 27.9. The van der Waals surface area contributed by atoms with E-state index < -0.39 is 0 Å². The second-order valence-corrected chi connectivity index (χ2v) is 5.08. The number of anilines is 2. The average molecular weight is 349 g/mol. The minimum absolute atomic E-state index is 0.312. The summed E-state index contributed by atoms with van der Waals surface area (Å²) in [5.41, 5.74) is 0. The van der Waals surface area contributed by atoms with Gasteiger partial charge in [-0.15, -0.1) is 0 Å². The third kappa shape index (κ3) is 5.07. The first kappa shape index (κ1) is 17.0. The Labute approximate surface area is 149 Å². The molecule has 0 atom stereocenters. The lowest BCUT2D eigenvalue weighted by Gasteiger charge is -2.05. The monoisotopic (exact) mass is 349 g/mol. The number of furan rings is 2. The van der Waals surface area contributed by atoms with Crippen molar-refractivity contribution >= 4 is 35.6 Å². The highest BCUT2D eigenvalue weighted by molar-refractivity contribution is 6.02. The molecule has 0 fully saturated rings. The molecule has 26 heavy (non-hydrogen) atoms. The van der Waals surface area contributed by atoms with Gasteiger partial charge in [0.05, 0.1) is 12.5 Å². The van der Waals surface area contributed by atoms with Gasteiger partial charge in [-0.1, -0.05) is 6.07 Å². The number of nitrogens with zero attached hydrogens (tertiary/aromatic N) is 1. The quantitative estimate of drug-likeness (QED) is 0.663. The topological polar surface area (TPSA) is 97.4 Å². The van der Waals surface area contributed by atoms with E-state index in [0.717, 1.165) is 0 Å². The van der Waals surface area contributed by atoms with Gasteiger partial charge in [-0.05, 0) is 48.6 Å². The maximum absolute atomic E-state index is 11.9. The van der Waals surface area contributed by atoms with Crippen molar-refractivity contribution in [2.75, 3.05) is 10.6 Å². The number of amides is 2. The maximum atomic E-state index is 11.9. The highest BCUT2D eigenvalue weighted by Gasteiger charge is 2.04. The van der Waals surface area contributed by atoms with E-state index in [1.54, 1.807) is 54.6 Å². The molecular weight excluding hydrogens is 334 g/mol. The van der Waals surface area contributed by atoms with Gasteiger partial charge >= 0.3 is 0 Å². The van der Waals surface area contributed by atoms with Crippen molar-refractivity contribution in [1.29, 1.82) is 0 Å². The van der Waals surface area contributed by atoms with E-state index in [1.807, 2.05) is 0 Å². The molecule has 130 valence electrons. The molecule has 0 unspecified atom stereocenters. The summed E-state index contributed by atoms with van der Waals surface area (Å²) in [6.07, 6.45) is 8.79. The standard InChI is InChI=1S/C19H15N3O4/c23-18(10-8-14-4-2-12-25-14)21-16-6-1-7-17(20-16)22-19(24)11-9-15-5-3-13-26-15/h1-13H,(H2,20,21,22,23,24)/b10-8+,11-9+. The summed E-state index contributed by atoms with van der Waals surface area (Å²) in [6, 6.07) is 11.8. The van der Waals surface area contributed by atoms with Crippen LogP contribution in [0.2, 0.25) is 0 Å². The molecule has 0 radical (unpaired) electrons. The van der Waals surface area contributed by atoms with Gasteiger partial charge in [0.2, 0.25) is 11.8 Å². The zero-order valence-electron chi connectivity index (χ0n) is 13.6. The Bertz CT molecular complexity index is 852.